The number of halogens is 1. The maximum Gasteiger partial charge on any atom is 0.191 e. The van der Waals surface area contributed by atoms with E-state index in [0.717, 1.165) is 66.4 Å². The van der Waals surface area contributed by atoms with Gasteiger partial charge in [-0.3, -0.25) is 0 Å². The Morgan fingerprint density at radius 3 is 2.56 bits per heavy atom. The second-order valence-electron chi connectivity index (χ2n) is 8.33. The number of benzene rings is 1. The van der Waals surface area contributed by atoms with Gasteiger partial charge in [-0.05, 0) is 42.8 Å². The fourth-order valence-corrected chi connectivity index (χ4v) is 5.44. The van der Waals surface area contributed by atoms with E-state index in [1.54, 1.807) is 12.1 Å². The van der Waals surface area contributed by atoms with E-state index in [2.05, 4.69) is 47.0 Å². The van der Waals surface area contributed by atoms with Crippen molar-refractivity contribution in [2.75, 3.05) is 43.0 Å². The number of nitrogens with one attached hydrogen (secondary N) is 1. The molecule has 1 aromatic carbocycles. The second kappa shape index (κ2) is 9.05. The number of pyridine rings is 1. The summed E-state index contributed by atoms with van der Waals surface area (Å²) >= 11 is 1.33. The van der Waals surface area contributed by atoms with E-state index in [0.29, 0.717) is 15.7 Å². The van der Waals surface area contributed by atoms with Crippen LogP contribution in [0.15, 0.2) is 36.4 Å². The van der Waals surface area contributed by atoms with Crippen molar-refractivity contribution >= 4 is 39.0 Å². The first-order valence-corrected chi connectivity index (χ1v) is 12.2. The molecule has 0 atom stereocenters. The summed E-state index contributed by atoms with van der Waals surface area (Å²) in [6.07, 6.45) is 0.830. The van der Waals surface area contributed by atoms with Gasteiger partial charge in [0.25, 0.3) is 0 Å². The predicted molar refractivity (Wildman–Crippen MR) is 135 cm³/mol. The van der Waals surface area contributed by atoms with Crippen LogP contribution in [0.1, 0.15) is 17.5 Å². The van der Waals surface area contributed by atoms with Gasteiger partial charge in [-0.1, -0.05) is 18.3 Å². The highest BCUT2D eigenvalue weighted by Gasteiger charge is 2.24. The summed E-state index contributed by atoms with van der Waals surface area (Å²) in [6.45, 7) is 5.88. The summed E-state index contributed by atoms with van der Waals surface area (Å²) in [4.78, 5) is 14.7. The van der Waals surface area contributed by atoms with Crippen molar-refractivity contribution in [1.82, 2.24) is 19.9 Å². The number of nitriles is 1. The lowest BCUT2D eigenvalue weighted by atomic mass is 10.1. The fourth-order valence-electron chi connectivity index (χ4n) is 4.58. The minimum absolute atomic E-state index is 0.315. The van der Waals surface area contributed by atoms with Gasteiger partial charge in [-0.25, -0.2) is 14.4 Å². The molecule has 0 amide bonds. The average molecular weight is 476 g/mol. The van der Waals surface area contributed by atoms with Crippen molar-refractivity contribution in [3.8, 4) is 17.3 Å². The Labute approximate surface area is 202 Å². The second-order valence-corrected chi connectivity index (χ2v) is 9.31. The maximum atomic E-state index is 13.4. The summed E-state index contributed by atoms with van der Waals surface area (Å²) in [5.41, 5.74) is 5.44. The van der Waals surface area contributed by atoms with Crippen LogP contribution in [0.4, 0.5) is 21.0 Å². The van der Waals surface area contributed by atoms with Crippen molar-refractivity contribution < 1.29 is 4.39 Å². The molecule has 3 aromatic heterocycles. The molecule has 1 saturated heterocycles. The van der Waals surface area contributed by atoms with E-state index >= 15 is 0 Å². The van der Waals surface area contributed by atoms with Crippen molar-refractivity contribution in [2.45, 2.75) is 13.3 Å². The normalized spacial score (nSPS) is 13.9. The molecule has 7 nitrogen and oxygen atoms in total. The van der Waals surface area contributed by atoms with Crippen molar-refractivity contribution in [3.05, 3.63) is 52.8 Å². The van der Waals surface area contributed by atoms with E-state index in [4.69, 9.17) is 9.97 Å². The maximum absolute atomic E-state index is 13.4. The van der Waals surface area contributed by atoms with Crippen LogP contribution in [-0.4, -0.2) is 47.8 Å². The van der Waals surface area contributed by atoms with E-state index < -0.39 is 0 Å². The minimum atomic E-state index is -0.315. The van der Waals surface area contributed by atoms with Crippen molar-refractivity contribution in [3.63, 3.8) is 0 Å². The summed E-state index contributed by atoms with van der Waals surface area (Å²) in [5, 5.41) is 13.8. The Bertz CT molecular complexity index is 1380. The lowest BCUT2D eigenvalue weighted by molar-refractivity contribution is 0.585. The van der Waals surface area contributed by atoms with E-state index in [1.165, 1.54) is 23.5 Å². The number of anilines is 3. The standard InChI is InChI=1S/C25H26FN7S/c1-4-18-24(23-19(31(18)2)9-10-21(29-23)33-13-11-28-12-14-33)32(3)25-30-22(20(15-27)34-25)16-5-7-17(26)8-6-16/h5-10,28H,4,11-14H2,1-3H3. The summed E-state index contributed by atoms with van der Waals surface area (Å²) < 4.78 is 15.6. The number of thiazole rings is 1. The highest BCUT2D eigenvalue weighted by molar-refractivity contribution is 7.16. The van der Waals surface area contributed by atoms with Gasteiger partial charge in [-0.15, -0.1) is 0 Å². The molecule has 4 aromatic rings. The van der Waals surface area contributed by atoms with E-state index in [9.17, 15) is 9.65 Å². The molecule has 0 aliphatic carbocycles. The van der Waals surface area contributed by atoms with Gasteiger partial charge in [0.2, 0.25) is 0 Å². The lowest BCUT2D eigenvalue weighted by Crippen LogP contribution is -2.43. The molecule has 0 saturated carbocycles. The molecule has 0 radical (unpaired) electrons. The number of hydrogen-bond donors (Lipinski definition) is 1. The predicted octanol–water partition coefficient (Wildman–Crippen LogP) is 4.45. The highest BCUT2D eigenvalue weighted by atomic mass is 32.1. The van der Waals surface area contributed by atoms with Crippen LogP contribution in [-0.2, 0) is 13.5 Å². The molecule has 1 N–H and O–H groups in total. The summed E-state index contributed by atoms with van der Waals surface area (Å²) in [7, 11) is 4.04. The van der Waals surface area contributed by atoms with E-state index in [1.807, 2.05) is 11.9 Å². The zero-order valence-corrected chi connectivity index (χ0v) is 20.3. The van der Waals surface area contributed by atoms with Crippen LogP contribution in [0, 0.1) is 17.1 Å². The Morgan fingerprint density at radius 2 is 1.88 bits per heavy atom. The molecule has 1 aliphatic heterocycles. The minimum Gasteiger partial charge on any atom is -0.354 e. The third-order valence-corrected chi connectivity index (χ3v) is 7.39. The number of nitrogens with zero attached hydrogens (tertiary/aromatic N) is 6. The highest BCUT2D eigenvalue weighted by Crippen LogP contribution is 2.40. The molecule has 1 aliphatic rings. The molecule has 0 bridgehead atoms. The SMILES string of the molecule is CCc1c(N(C)c2nc(-c3ccc(F)cc3)c(C#N)s2)c2nc(N3CCNCC3)ccc2n1C. The van der Waals surface area contributed by atoms with Gasteiger partial charge in [0.05, 0.1) is 11.2 Å². The van der Waals surface area contributed by atoms with Crippen LogP contribution >= 0.6 is 11.3 Å². The number of piperazine rings is 1. The molecule has 34 heavy (non-hydrogen) atoms. The lowest BCUT2D eigenvalue weighted by Gasteiger charge is -2.28. The third-order valence-electron chi connectivity index (χ3n) is 6.36. The van der Waals surface area contributed by atoms with Crippen LogP contribution in [0.5, 0.6) is 0 Å². The molecule has 9 heteroatoms. The van der Waals surface area contributed by atoms with Crippen LogP contribution < -0.4 is 15.1 Å². The Kier molecular flexibility index (Phi) is 5.94. The molecule has 174 valence electrons. The Morgan fingerprint density at radius 1 is 1.15 bits per heavy atom. The topological polar surface area (TPSA) is 73.0 Å². The Hall–Kier alpha value is -3.48. The van der Waals surface area contributed by atoms with Gasteiger partial charge < -0.3 is 19.7 Å². The Balaban J connectivity index is 1.62. The van der Waals surface area contributed by atoms with Crippen molar-refractivity contribution in [1.29, 1.82) is 5.26 Å². The van der Waals surface area contributed by atoms with Gasteiger partial charge in [-0.2, -0.15) is 5.26 Å². The van der Waals surface area contributed by atoms with Crippen LogP contribution in [0.3, 0.4) is 0 Å². The average Bonchev–Trinajstić information content (AvgIpc) is 3.43. The molecule has 4 heterocycles. The first kappa shape index (κ1) is 22.3. The summed E-state index contributed by atoms with van der Waals surface area (Å²) in [6, 6.07) is 12.6. The number of hydrogen-bond acceptors (Lipinski definition) is 7. The fraction of sp³-hybridized carbons (Fsp3) is 0.320. The zero-order valence-electron chi connectivity index (χ0n) is 19.5. The van der Waals surface area contributed by atoms with Crippen LogP contribution in [0.2, 0.25) is 0 Å². The van der Waals surface area contributed by atoms with Gasteiger partial charge >= 0.3 is 0 Å². The molecule has 0 spiro atoms. The monoisotopic (exact) mass is 475 g/mol. The van der Waals surface area contributed by atoms with Gasteiger partial charge in [0, 0.05) is 51.5 Å². The van der Waals surface area contributed by atoms with Gasteiger partial charge in [0.1, 0.15) is 33.8 Å². The largest absolute Gasteiger partial charge is 0.354 e. The molecule has 0 unspecified atom stereocenters. The number of aryl methyl sites for hydroxylation is 1. The number of aromatic nitrogens is 3. The van der Waals surface area contributed by atoms with Crippen LogP contribution in [0.25, 0.3) is 22.3 Å². The molecular formula is C25H26FN7S. The first-order chi connectivity index (χ1) is 16.5. The van der Waals surface area contributed by atoms with Gasteiger partial charge in [0.15, 0.2) is 5.13 Å². The number of rotatable bonds is 5. The molecular weight excluding hydrogens is 449 g/mol. The van der Waals surface area contributed by atoms with Crippen molar-refractivity contribution in [2.24, 2.45) is 7.05 Å². The molecule has 5 rings (SSSR count). The van der Waals surface area contributed by atoms with E-state index in [-0.39, 0.29) is 5.82 Å². The number of fused-ring (bicyclic) bond motifs is 1. The third kappa shape index (κ3) is 3.79. The summed E-state index contributed by atoms with van der Waals surface area (Å²) in [5.74, 6) is 0.658. The zero-order chi connectivity index (χ0) is 23.8. The molecule has 1 fully saturated rings. The first-order valence-electron chi connectivity index (χ1n) is 11.4. The quantitative estimate of drug-likeness (QED) is 0.460. The smallest absolute Gasteiger partial charge is 0.191 e.